The molecule has 2 aliphatic heterocycles. The van der Waals surface area contributed by atoms with E-state index >= 15 is 0 Å². The largest absolute Gasteiger partial charge is 0.467 e. The minimum absolute atomic E-state index is 0.0230. The standard InChI is InChI=1S/C24H18FN3O5/c25-17-8-15(22-16(9-17)12-32-13-33-22)11-28-20-10-18(6-7-19(20)21(27-31)24(28)30)26-23(29)14-4-2-1-3-5-14/h1-10,31H,11-13H2,(H,26,29)/b27-21-. The van der Waals surface area contributed by atoms with E-state index in [1.165, 1.54) is 17.0 Å². The third-order valence-electron chi connectivity index (χ3n) is 5.47. The summed E-state index contributed by atoms with van der Waals surface area (Å²) in [6.45, 7) is 0.194. The molecule has 0 aliphatic carbocycles. The molecule has 0 bridgehead atoms. The van der Waals surface area contributed by atoms with Gasteiger partial charge in [-0.05, 0) is 42.5 Å². The molecule has 3 aromatic carbocycles. The van der Waals surface area contributed by atoms with Gasteiger partial charge < -0.3 is 24.9 Å². The number of ether oxygens (including phenoxy) is 2. The summed E-state index contributed by atoms with van der Waals surface area (Å²) >= 11 is 0. The molecule has 2 amide bonds. The van der Waals surface area contributed by atoms with Gasteiger partial charge in [-0.15, -0.1) is 0 Å². The molecule has 0 saturated carbocycles. The maximum absolute atomic E-state index is 14.2. The second kappa shape index (κ2) is 8.36. The summed E-state index contributed by atoms with van der Waals surface area (Å²) < 4.78 is 25.0. The number of hydrogen-bond donors (Lipinski definition) is 2. The number of hydrogen-bond acceptors (Lipinski definition) is 6. The van der Waals surface area contributed by atoms with Crippen LogP contribution in [0.15, 0.2) is 65.8 Å². The lowest BCUT2D eigenvalue weighted by Crippen LogP contribution is -2.30. The molecule has 5 rings (SSSR count). The van der Waals surface area contributed by atoms with Gasteiger partial charge in [0.25, 0.3) is 11.8 Å². The van der Waals surface area contributed by atoms with E-state index < -0.39 is 11.7 Å². The van der Waals surface area contributed by atoms with Gasteiger partial charge in [0.1, 0.15) is 11.6 Å². The molecular formula is C24H18FN3O5. The summed E-state index contributed by atoms with van der Waals surface area (Å²) in [5, 5.41) is 15.4. The summed E-state index contributed by atoms with van der Waals surface area (Å²) in [5.74, 6) is -0.885. The molecule has 0 unspecified atom stereocenters. The van der Waals surface area contributed by atoms with Crippen molar-refractivity contribution in [3.05, 3.63) is 88.7 Å². The fourth-order valence-electron chi connectivity index (χ4n) is 3.98. The van der Waals surface area contributed by atoms with Crippen LogP contribution in [-0.4, -0.2) is 29.5 Å². The van der Waals surface area contributed by atoms with Crippen LogP contribution in [0, 0.1) is 5.82 Å². The molecular weight excluding hydrogens is 429 g/mol. The molecule has 0 atom stereocenters. The Morgan fingerprint density at radius 2 is 1.97 bits per heavy atom. The number of carbonyl (C=O) groups is 2. The van der Waals surface area contributed by atoms with Crippen molar-refractivity contribution in [1.29, 1.82) is 0 Å². The molecule has 2 heterocycles. The Morgan fingerprint density at radius 3 is 2.76 bits per heavy atom. The van der Waals surface area contributed by atoms with E-state index in [0.717, 1.165) is 0 Å². The number of nitrogens with one attached hydrogen (secondary N) is 1. The van der Waals surface area contributed by atoms with Gasteiger partial charge in [-0.1, -0.05) is 23.4 Å². The number of anilines is 2. The summed E-state index contributed by atoms with van der Waals surface area (Å²) in [7, 11) is 0. The quantitative estimate of drug-likeness (QED) is 0.470. The van der Waals surface area contributed by atoms with Crippen molar-refractivity contribution in [3.63, 3.8) is 0 Å². The first-order valence-corrected chi connectivity index (χ1v) is 10.1. The normalized spacial score (nSPS) is 15.7. The van der Waals surface area contributed by atoms with Gasteiger partial charge in [0.2, 0.25) is 0 Å². The molecule has 166 valence electrons. The number of amides is 2. The molecule has 0 spiro atoms. The fraction of sp³-hybridized carbons (Fsp3) is 0.125. The van der Waals surface area contributed by atoms with Gasteiger partial charge in [-0.3, -0.25) is 9.59 Å². The molecule has 2 aliphatic rings. The number of fused-ring (bicyclic) bond motifs is 2. The second-order valence-corrected chi connectivity index (χ2v) is 7.56. The monoisotopic (exact) mass is 447 g/mol. The molecule has 0 radical (unpaired) electrons. The Balaban J connectivity index is 1.50. The van der Waals surface area contributed by atoms with Crippen LogP contribution in [0.4, 0.5) is 15.8 Å². The number of benzene rings is 3. The zero-order chi connectivity index (χ0) is 22.9. The van der Waals surface area contributed by atoms with E-state index in [2.05, 4.69) is 10.5 Å². The number of oxime groups is 1. The molecule has 0 fully saturated rings. The fourth-order valence-corrected chi connectivity index (χ4v) is 3.98. The molecule has 8 nitrogen and oxygen atoms in total. The highest BCUT2D eigenvalue weighted by atomic mass is 19.1. The van der Waals surface area contributed by atoms with Crippen LogP contribution < -0.4 is 15.0 Å². The highest BCUT2D eigenvalue weighted by Crippen LogP contribution is 2.36. The van der Waals surface area contributed by atoms with Crippen LogP contribution in [0.5, 0.6) is 5.75 Å². The van der Waals surface area contributed by atoms with Crippen molar-refractivity contribution in [1.82, 2.24) is 0 Å². The minimum Gasteiger partial charge on any atom is -0.467 e. The smallest absolute Gasteiger partial charge is 0.281 e. The average Bonchev–Trinajstić information content (AvgIpc) is 3.09. The summed E-state index contributed by atoms with van der Waals surface area (Å²) in [5.41, 5.74) is 2.60. The van der Waals surface area contributed by atoms with E-state index in [4.69, 9.17) is 9.47 Å². The van der Waals surface area contributed by atoms with Crippen LogP contribution in [-0.2, 0) is 22.7 Å². The lowest BCUT2D eigenvalue weighted by molar-refractivity contribution is -0.112. The zero-order valence-corrected chi connectivity index (χ0v) is 17.2. The lowest BCUT2D eigenvalue weighted by atomic mass is 10.1. The highest BCUT2D eigenvalue weighted by molar-refractivity contribution is 6.54. The topological polar surface area (TPSA) is 100 Å². The summed E-state index contributed by atoms with van der Waals surface area (Å²) in [6.07, 6.45) is 0. The highest BCUT2D eigenvalue weighted by Gasteiger charge is 2.36. The maximum Gasteiger partial charge on any atom is 0.281 e. The van der Waals surface area contributed by atoms with Crippen molar-refractivity contribution in [2.24, 2.45) is 5.16 Å². The van der Waals surface area contributed by atoms with Crippen molar-refractivity contribution in [3.8, 4) is 5.75 Å². The van der Waals surface area contributed by atoms with E-state index in [1.807, 2.05) is 6.07 Å². The van der Waals surface area contributed by atoms with E-state index in [-0.39, 0.29) is 31.6 Å². The van der Waals surface area contributed by atoms with Gasteiger partial charge in [0.05, 0.1) is 18.8 Å². The first-order chi connectivity index (χ1) is 16.0. The zero-order valence-electron chi connectivity index (χ0n) is 17.2. The minimum atomic E-state index is -0.552. The van der Waals surface area contributed by atoms with E-state index in [1.54, 1.807) is 42.5 Å². The molecule has 9 heteroatoms. The predicted octanol–water partition coefficient (Wildman–Crippen LogP) is 3.67. The van der Waals surface area contributed by atoms with Gasteiger partial charge in [0, 0.05) is 27.9 Å². The van der Waals surface area contributed by atoms with Crippen LogP contribution in [0.25, 0.3) is 0 Å². The third kappa shape index (κ3) is 3.79. The number of halogens is 1. The second-order valence-electron chi connectivity index (χ2n) is 7.56. The van der Waals surface area contributed by atoms with Crippen molar-refractivity contribution >= 4 is 28.9 Å². The molecule has 0 saturated heterocycles. The Labute approximate surface area is 187 Å². The Bertz CT molecular complexity index is 1290. The lowest BCUT2D eigenvalue weighted by Gasteiger charge is -2.24. The third-order valence-corrected chi connectivity index (χ3v) is 5.47. The van der Waals surface area contributed by atoms with Crippen molar-refractivity contribution < 1.29 is 28.7 Å². The summed E-state index contributed by atoms with van der Waals surface area (Å²) in [6, 6.07) is 16.2. The van der Waals surface area contributed by atoms with Crippen LogP contribution in [0.3, 0.4) is 0 Å². The average molecular weight is 447 g/mol. The Kier molecular flexibility index (Phi) is 5.23. The predicted molar refractivity (Wildman–Crippen MR) is 117 cm³/mol. The van der Waals surface area contributed by atoms with Gasteiger partial charge in [0.15, 0.2) is 12.5 Å². The number of rotatable bonds is 4. The molecule has 0 aromatic heterocycles. The van der Waals surface area contributed by atoms with Crippen LogP contribution in [0.1, 0.15) is 27.0 Å². The summed E-state index contributed by atoms with van der Waals surface area (Å²) in [4.78, 5) is 26.9. The first kappa shape index (κ1) is 20.7. The Morgan fingerprint density at radius 1 is 1.15 bits per heavy atom. The van der Waals surface area contributed by atoms with E-state index in [9.17, 15) is 19.2 Å². The molecule has 2 N–H and O–H groups in total. The van der Waals surface area contributed by atoms with E-state index in [0.29, 0.717) is 39.4 Å². The molecule has 33 heavy (non-hydrogen) atoms. The number of carbonyl (C=O) groups excluding carboxylic acids is 2. The SMILES string of the molecule is O=C(Nc1ccc2c(c1)N(Cc1cc(F)cc3c1OCOC3)C(=O)/C2=N\O)c1ccccc1. The van der Waals surface area contributed by atoms with Crippen molar-refractivity contribution in [2.75, 3.05) is 17.0 Å². The number of nitrogens with zero attached hydrogens (tertiary/aromatic N) is 2. The van der Waals surface area contributed by atoms with Gasteiger partial charge in [-0.2, -0.15) is 0 Å². The Hall–Kier alpha value is -4.24. The van der Waals surface area contributed by atoms with Gasteiger partial charge in [-0.25, -0.2) is 4.39 Å². The maximum atomic E-state index is 14.2. The first-order valence-electron chi connectivity index (χ1n) is 10.1. The van der Waals surface area contributed by atoms with Crippen LogP contribution in [0.2, 0.25) is 0 Å². The molecule has 3 aromatic rings. The van der Waals surface area contributed by atoms with Crippen molar-refractivity contribution in [2.45, 2.75) is 13.2 Å². The van der Waals surface area contributed by atoms with Gasteiger partial charge >= 0.3 is 0 Å². The van der Waals surface area contributed by atoms with Crippen LogP contribution >= 0.6 is 0 Å².